The van der Waals surface area contributed by atoms with Gasteiger partial charge in [0.05, 0.1) is 0 Å². The van der Waals surface area contributed by atoms with E-state index in [1.807, 2.05) is 6.07 Å². The van der Waals surface area contributed by atoms with Crippen molar-refractivity contribution in [3.8, 4) is 0 Å². The van der Waals surface area contributed by atoms with Crippen molar-refractivity contribution in [2.75, 3.05) is 51.2 Å². The smallest absolute Gasteiger partial charge is 0.225 e. The number of nitrogens with one attached hydrogen (secondary N) is 2. The Balaban J connectivity index is 1.30. The Labute approximate surface area is 165 Å². The molecule has 2 heterocycles. The van der Waals surface area contributed by atoms with E-state index >= 15 is 0 Å². The first-order chi connectivity index (χ1) is 13.7. The number of aliphatic imine (C=N–C) groups is 1. The van der Waals surface area contributed by atoms with Gasteiger partial charge in [0.25, 0.3) is 0 Å². The Kier molecular flexibility index (Phi) is 7.54. The zero-order valence-electron chi connectivity index (χ0n) is 16.3. The van der Waals surface area contributed by atoms with Crippen molar-refractivity contribution in [3.63, 3.8) is 0 Å². The standard InChI is InChI=1S/C20H28FN7/c1-22-19(26-16-17-4-6-18(21)7-5-17)23-10-3-11-27-12-14-28(15-13-27)20-24-8-2-9-25-20/h2,4-9H,3,10-16H2,1H3,(H2,22,23,26). The van der Waals surface area contributed by atoms with Crippen LogP contribution in [-0.2, 0) is 6.54 Å². The first-order valence-corrected chi connectivity index (χ1v) is 9.68. The van der Waals surface area contributed by atoms with Gasteiger partial charge in [0.1, 0.15) is 5.82 Å². The highest BCUT2D eigenvalue weighted by Gasteiger charge is 2.18. The van der Waals surface area contributed by atoms with Crippen LogP contribution in [0.2, 0.25) is 0 Å². The largest absolute Gasteiger partial charge is 0.356 e. The molecule has 150 valence electrons. The van der Waals surface area contributed by atoms with E-state index in [0.717, 1.165) is 63.2 Å². The van der Waals surface area contributed by atoms with Gasteiger partial charge in [-0.3, -0.25) is 9.89 Å². The lowest BCUT2D eigenvalue weighted by Gasteiger charge is -2.34. The third-order valence-corrected chi connectivity index (χ3v) is 4.75. The van der Waals surface area contributed by atoms with Crippen molar-refractivity contribution in [2.45, 2.75) is 13.0 Å². The number of rotatable bonds is 7. The summed E-state index contributed by atoms with van der Waals surface area (Å²) in [7, 11) is 1.75. The van der Waals surface area contributed by atoms with Gasteiger partial charge in [0.2, 0.25) is 5.95 Å². The number of aromatic nitrogens is 2. The van der Waals surface area contributed by atoms with Gasteiger partial charge in [-0.05, 0) is 36.7 Å². The average Bonchev–Trinajstić information content (AvgIpc) is 2.75. The summed E-state index contributed by atoms with van der Waals surface area (Å²) in [6.07, 6.45) is 4.62. The lowest BCUT2D eigenvalue weighted by atomic mass is 10.2. The predicted molar refractivity (Wildman–Crippen MR) is 110 cm³/mol. The third kappa shape index (κ3) is 6.16. The van der Waals surface area contributed by atoms with Crippen molar-refractivity contribution in [3.05, 3.63) is 54.1 Å². The van der Waals surface area contributed by atoms with Crippen LogP contribution in [0, 0.1) is 5.82 Å². The average molecular weight is 385 g/mol. The van der Waals surface area contributed by atoms with Crippen molar-refractivity contribution in [1.82, 2.24) is 25.5 Å². The fourth-order valence-corrected chi connectivity index (χ4v) is 3.14. The van der Waals surface area contributed by atoms with E-state index in [-0.39, 0.29) is 5.82 Å². The van der Waals surface area contributed by atoms with Gasteiger partial charge in [-0.15, -0.1) is 0 Å². The normalized spacial score (nSPS) is 15.5. The molecule has 1 saturated heterocycles. The van der Waals surface area contributed by atoms with Crippen molar-refractivity contribution >= 4 is 11.9 Å². The van der Waals surface area contributed by atoms with Crippen LogP contribution >= 0.6 is 0 Å². The van der Waals surface area contributed by atoms with Gasteiger partial charge in [-0.1, -0.05) is 12.1 Å². The first-order valence-electron chi connectivity index (χ1n) is 9.68. The maximum Gasteiger partial charge on any atom is 0.225 e. The molecule has 0 aliphatic carbocycles. The molecule has 2 N–H and O–H groups in total. The van der Waals surface area contributed by atoms with Crippen LogP contribution in [0.15, 0.2) is 47.7 Å². The molecule has 0 atom stereocenters. The van der Waals surface area contributed by atoms with Crippen molar-refractivity contribution in [2.24, 2.45) is 4.99 Å². The summed E-state index contributed by atoms with van der Waals surface area (Å²) >= 11 is 0. The van der Waals surface area contributed by atoms with Crippen molar-refractivity contribution < 1.29 is 4.39 Å². The fraction of sp³-hybridized carbons (Fsp3) is 0.450. The molecule has 0 unspecified atom stereocenters. The Hall–Kier alpha value is -2.74. The summed E-state index contributed by atoms with van der Waals surface area (Å²) in [5.41, 5.74) is 1.02. The Bertz CT molecular complexity index is 728. The number of nitrogens with zero attached hydrogens (tertiary/aromatic N) is 5. The first kappa shape index (κ1) is 20.0. The lowest BCUT2D eigenvalue weighted by molar-refractivity contribution is 0.254. The molecule has 0 saturated carbocycles. The second-order valence-electron chi connectivity index (χ2n) is 6.71. The molecular weight excluding hydrogens is 357 g/mol. The molecule has 0 radical (unpaired) electrons. The molecule has 0 amide bonds. The molecule has 1 aromatic carbocycles. The predicted octanol–water partition coefficient (Wildman–Crippen LogP) is 1.49. The second kappa shape index (κ2) is 10.6. The van der Waals surface area contributed by atoms with E-state index in [4.69, 9.17) is 0 Å². The molecule has 1 aliphatic rings. The van der Waals surface area contributed by atoms with Crippen LogP contribution in [0.4, 0.5) is 10.3 Å². The SMILES string of the molecule is CN=C(NCCCN1CCN(c2ncccn2)CC1)NCc1ccc(F)cc1. The number of hydrogen-bond donors (Lipinski definition) is 2. The van der Waals surface area contributed by atoms with Crippen LogP contribution in [0.3, 0.4) is 0 Å². The molecule has 1 fully saturated rings. The third-order valence-electron chi connectivity index (χ3n) is 4.75. The summed E-state index contributed by atoms with van der Waals surface area (Å²) in [5, 5.41) is 6.58. The lowest BCUT2D eigenvalue weighted by Crippen LogP contribution is -2.47. The van der Waals surface area contributed by atoms with Gasteiger partial charge in [0, 0.05) is 58.7 Å². The quantitative estimate of drug-likeness (QED) is 0.428. The number of benzene rings is 1. The van der Waals surface area contributed by atoms with Crippen LogP contribution in [0.5, 0.6) is 0 Å². The van der Waals surface area contributed by atoms with Gasteiger partial charge < -0.3 is 15.5 Å². The summed E-state index contributed by atoms with van der Waals surface area (Å²) in [5.74, 6) is 1.36. The fourth-order valence-electron chi connectivity index (χ4n) is 3.14. The summed E-state index contributed by atoms with van der Waals surface area (Å²) in [6.45, 7) is 6.47. The molecule has 0 spiro atoms. The highest BCUT2D eigenvalue weighted by molar-refractivity contribution is 5.79. The Morgan fingerprint density at radius 1 is 1.07 bits per heavy atom. The zero-order valence-corrected chi connectivity index (χ0v) is 16.3. The summed E-state index contributed by atoms with van der Waals surface area (Å²) in [4.78, 5) is 17.6. The minimum Gasteiger partial charge on any atom is -0.356 e. The van der Waals surface area contributed by atoms with Gasteiger partial charge in [0.15, 0.2) is 5.96 Å². The molecule has 8 heteroatoms. The second-order valence-corrected chi connectivity index (χ2v) is 6.71. The minimum absolute atomic E-state index is 0.219. The molecule has 1 aliphatic heterocycles. The molecule has 7 nitrogen and oxygen atoms in total. The number of hydrogen-bond acceptors (Lipinski definition) is 5. The van der Waals surface area contributed by atoms with E-state index in [2.05, 4.69) is 35.4 Å². The maximum atomic E-state index is 12.9. The summed E-state index contributed by atoms with van der Waals surface area (Å²) in [6, 6.07) is 8.33. The van der Waals surface area contributed by atoms with Gasteiger partial charge in [-0.25, -0.2) is 14.4 Å². The van der Waals surface area contributed by atoms with Gasteiger partial charge in [-0.2, -0.15) is 0 Å². The monoisotopic (exact) mass is 385 g/mol. The van der Waals surface area contributed by atoms with E-state index in [1.54, 1.807) is 31.6 Å². The highest BCUT2D eigenvalue weighted by atomic mass is 19.1. The zero-order chi connectivity index (χ0) is 19.6. The number of guanidine groups is 1. The number of piperazine rings is 1. The molecule has 28 heavy (non-hydrogen) atoms. The van der Waals surface area contributed by atoms with Gasteiger partial charge >= 0.3 is 0 Å². The molecule has 0 bridgehead atoms. The van der Waals surface area contributed by atoms with E-state index < -0.39 is 0 Å². The molecule has 3 rings (SSSR count). The minimum atomic E-state index is -0.219. The topological polar surface area (TPSA) is 68.7 Å². The van der Waals surface area contributed by atoms with E-state index in [1.165, 1.54) is 12.1 Å². The molecular formula is C20H28FN7. The van der Waals surface area contributed by atoms with Crippen LogP contribution in [-0.4, -0.2) is 67.1 Å². The molecule has 1 aromatic heterocycles. The van der Waals surface area contributed by atoms with E-state index in [0.29, 0.717) is 6.54 Å². The summed E-state index contributed by atoms with van der Waals surface area (Å²) < 4.78 is 12.9. The van der Waals surface area contributed by atoms with Crippen LogP contribution in [0.1, 0.15) is 12.0 Å². The highest BCUT2D eigenvalue weighted by Crippen LogP contribution is 2.09. The van der Waals surface area contributed by atoms with E-state index in [9.17, 15) is 4.39 Å². The van der Waals surface area contributed by atoms with Crippen LogP contribution < -0.4 is 15.5 Å². The molecule has 2 aromatic rings. The Morgan fingerprint density at radius 3 is 2.46 bits per heavy atom. The van der Waals surface area contributed by atoms with Crippen LogP contribution in [0.25, 0.3) is 0 Å². The number of halogens is 1. The van der Waals surface area contributed by atoms with Crippen molar-refractivity contribution in [1.29, 1.82) is 0 Å². The maximum absolute atomic E-state index is 12.9. The Morgan fingerprint density at radius 2 is 1.79 bits per heavy atom. The number of anilines is 1.